The molecule has 0 unspecified atom stereocenters. The molecule has 2 rings (SSSR count). The number of nitrogens with zero attached hydrogens (tertiary/aromatic N) is 1. The second-order valence-electron chi connectivity index (χ2n) is 4.95. The van der Waals surface area contributed by atoms with Gasteiger partial charge in [0.15, 0.2) is 0 Å². The maximum absolute atomic E-state index is 10.5. The van der Waals surface area contributed by atoms with Crippen molar-refractivity contribution in [3.05, 3.63) is 35.9 Å². The largest absolute Gasteiger partial charge is 0.387 e. The van der Waals surface area contributed by atoms with E-state index in [2.05, 4.69) is 11.8 Å². The highest BCUT2D eigenvalue weighted by Crippen LogP contribution is 2.27. The third-order valence-corrected chi connectivity index (χ3v) is 3.70. The van der Waals surface area contributed by atoms with Crippen LogP contribution >= 0.6 is 0 Å². The molecule has 2 heteroatoms. The van der Waals surface area contributed by atoms with Gasteiger partial charge in [0, 0.05) is 6.04 Å². The number of hydrogen-bond acceptors (Lipinski definition) is 2. The van der Waals surface area contributed by atoms with E-state index in [0.717, 1.165) is 31.5 Å². The van der Waals surface area contributed by atoms with Crippen molar-refractivity contribution in [2.75, 3.05) is 13.1 Å². The predicted octanol–water partition coefficient (Wildman–Crippen LogP) is 2.98. The lowest BCUT2D eigenvalue weighted by atomic mass is 9.97. The van der Waals surface area contributed by atoms with E-state index in [1.807, 2.05) is 30.3 Å². The lowest BCUT2D eigenvalue weighted by Gasteiger charge is -2.31. The van der Waals surface area contributed by atoms with Gasteiger partial charge in [-0.25, -0.2) is 0 Å². The summed E-state index contributed by atoms with van der Waals surface area (Å²) in [6.07, 6.45) is 4.43. The molecule has 0 aliphatic carbocycles. The van der Waals surface area contributed by atoms with Crippen molar-refractivity contribution in [1.29, 1.82) is 0 Å². The van der Waals surface area contributed by atoms with Gasteiger partial charge in [-0.15, -0.1) is 0 Å². The summed E-state index contributed by atoms with van der Waals surface area (Å²) in [4.78, 5) is 2.46. The first-order valence-electron chi connectivity index (χ1n) is 6.80. The van der Waals surface area contributed by atoms with Gasteiger partial charge in [0.25, 0.3) is 0 Å². The summed E-state index contributed by atoms with van der Waals surface area (Å²) in [6.45, 7) is 4.49. The van der Waals surface area contributed by atoms with Crippen molar-refractivity contribution in [2.45, 2.75) is 44.8 Å². The molecule has 1 heterocycles. The Kier molecular flexibility index (Phi) is 4.57. The molecule has 2 atom stereocenters. The standard InChI is InChI=1S/C15H23NO/c1-2-8-14(16-11-6-7-12-16)15(17)13-9-4-3-5-10-13/h3-5,9-10,14-15,17H,2,6-8,11-12H2,1H3/t14-,15+/m0/s1. The van der Waals surface area contributed by atoms with Crippen LogP contribution in [0.25, 0.3) is 0 Å². The van der Waals surface area contributed by atoms with Gasteiger partial charge >= 0.3 is 0 Å². The molecule has 1 fully saturated rings. The van der Waals surface area contributed by atoms with Crippen LogP contribution in [0.1, 0.15) is 44.3 Å². The van der Waals surface area contributed by atoms with Crippen LogP contribution < -0.4 is 0 Å². The molecular weight excluding hydrogens is 210 g/mol. The Labute approximate surface area is 104 Å². The summed E-state index contributed by atoms with van der Waals surface area (Å²) in [6, 6.07) is 10.4. The summed E-state index contributed by atoms with van der Waals surface area (Å²) in [5, 5.41) is 10.5. The zero-order chi connectivity index (χ0) is 12.1. The van der Waals surface area contributed by atoms with Crippen molar-refractivity contribution in [1.82, 2.24) is 4.90 Å². The minimum absolute atomic E-state index is 0.296. The van der Waals surface area contributed by atoms with Gasteiger partial charge in [-0.2, -0.15) is 0 Å². The first kappa shape index (κ1) is 12.6. The maximum atomic E-state index is 10.5. The predicted molar refractivity (Wildman–Crippen MR) is 70.9 cm³/mol. The second kappa shape index (κ2) is 6.18. The smallest absolute Gasteiger partial charge is 0.0945 e. The van der Waals surface area contributed by atoms with Crippen LogP contribution in [0.5, 0.6) is 0 Å². The number of benzene rings is 1. The fraction of sp³-hybridized carbons (Fsp3) is 0.600. The molecule has 1 aromatic carbocycles. The van der Waals surface area contributed by atoms with E-state index in [1.165, 1.54) is 12.8 Å². The van der Waals surface area contributed by atoms with Gasteiger partial charge in [-0.1, -0.05) is 43.7 Å². The van der Waals surface area contributed by atoms with Crippen LogP contribution in [0.15, 0.2) is 30.3 Å². The molecular formula is C15H23NO. The molecule has 17 heavy (non-hydrogen) atoms. The Morgan fingerprint density at radius 2 is 1.82 bits per heavy atom. The number of likely N-dealkylation sites (tertiary alicyclic amines) is 1. The normalized spacial score (nSPS) is 20.4. The molecule has 1 N–H and O–H groups in total. The van der Waals surface area contributed by atoms with Crippen LogP contribution in [0.4, 0.5) is 0 Å². The van der Waals surface area contributed by atoms with Crippen molar-refractivity contribution in [3.8, 4) is 0 Å². The number of aliphatic hydroxyl groups is 1. The van der Waals surface area contributed by atoms with E-state index in [1.54, 1.807) is 0 Å². The summed E-state index contributed by atoms with van der Waals surface area (Å²) in [5.41, 5.74) is 1.05. The molecule has 0 bridgehead atoms. The molecule has 94 valence electrons. The van der Waals surface area contributed by atoms with Gasteiger partial charge in [0.05, 0.1) is 6.10 Å². The number of rotatable bonds is 5. The first-order valence-corrected chi connectivity index (χ1v) is 6.80. The van der Waals surface area contributed by atoms with Crippen LogP contribution in [-0.4, -0.2) is 29.1 Å². The number of hydrogen-bond donors (Lipinski definition) is 1. The molecule has 2 nitrogen and oxygen atoms in total. The molecule has 0 saturated carbocycles. The Morgan fingerprint density at radius 3 is 2.41 bits per heavy atom. The average Bonchev–Trinajstić information content (AvgIpc) is 2.90. The van der Waals surface area contributed by atoms with Crippen LogP contribution in [-0.2, 0) is 0 Å². The van der Waals surface area contributed by atoms with E-state index in [4.69, 9.17) is 0 Å². The summed E-state index contributed by atoms with van der Waals surface area (Å²) in [7, 11) is 0. The zero-order valence-electron chi connectivity index (χ0n) is 10.7. The van der Waals surface area contributed by atoms with Gasteiger partial charge in [0.1, 0.15) is 0 Å². The third-order valence-electron chi connectivity index (χ3n) is 3.70. The minimum Gasteiger partial charge on any atom is -0.387 e. The van der Waals surface area contributed by atoms with Crippen molar-refractivity contribution in [2.24, 2.45) is 0 Å². The molecule has 0 amide bonds. The highest BCUT2D eigenvalue weighted by Gasteiger charge is 2.28. The Morgan fingerprint density at radius 1 is 1.18 bits per heavy atom. The SMILES string of the molecule is CCC[C@@H]([C@H](O)c1ccccc1)N1CCCC1. The highest BCUT2D eigenvalue weighted by molar-refractivity contribution is 5.19. The van der Waals surface area contributed by atoms with E-state index < -0.39 is 0 Å². The maximum Gasteiger partial charge on any atom is 0.0945 e. The summed E-state index contributed by atoms with van der Waals surface area (Å²) in [5.74, 6) is 0. The van der Waals surface area contributed by atoms with Gasteiger partial charge in [-0.3, -0.25) is 4.90 Å². The fourth-order valence-electron chi connectivity index (χ4n) is 2.78. The van der Waals surface area contributed by atoms with Crippen LogP contribution in [0.2, 0.25) is 0 Å². The van der Waals surface area contributed by atoms with Gasteiger partial charge < -0.3 is 5.11 Å². The molecule has 1 aromatic rings. The van der Waals surface area contributed by atoms with E-state index in [-0.39, 0.29) is 6.10 Å². The fourth-order valence-corrected chi connectivity index (χ4v) is 2.78. The van der Waals surface area contributed by atoms with E-state index in [9.17, 15) is 5.11 Å². The molecule has 0 radical (unpaired) electrons. The van der Waals surface area contributed by atoms with E-state index in [0.29, 0.717) is 6.04 Å². The minimum atomic E-state index is -0.339. The second-order valence-corrected chi connectivity index (χ2v) is 4.95. The van der Waals surface area contributed by atoms with Crippen molar-refractivity contribution >= 4 is 0 Å². The summed E-state index contributed by atoms with van der Waals surface area (Å²) >= 11 is 0. The molecule has 0 spiro atoms. The Balaban J connectivity index is 2.09. The van der Waals surface area contributed by atoms with Crippen LogP contribution in [0.3, 0.4) is 0 Å². The molecule has 1 aliphatic rings. The van der Waals surface area contributed by atoms with Gasteiger partial charge in [0.2, 0.25) is 0 Å². The zero-order valence-corrected chi connectivity index (χ0v) is 10.7. The quantitative estimate of drug-likeness (QED) is 0.845. The van der Waals surface area contributed by atoms with Crippen LogP contribution in [0, 0.1) is 0 Å². The molecule has 1 aliphatic heterocycles. The topological polar surface area (TPSA) is 23.5 Å². The highest BCUT2D eigenvalue weighted by atomic mass is 16.3. The summed E-state index contributed by atoms with van der Waals surface area (Å²) < 4.78 is 0. The Bertz CT molecular complexity index is 319. The lowest BCUT2D eigenvalue weighted by Crippen LogP contribution is -2.37. The molecule has 0 aromatic heterocycles. The van der Waals surface area contributed by atoms with Crippen molar-refractivity contribution in [3.63, 3.8) is 0 Å². The Hall–Kier alpha value is -0.860. The van der Waals surface area contributed by atoms with Gasteiger partial charge in [-0.05, 0) is 37.9 Å². The van der Waals surface area contributed by atoms with E-state index >= 15 is 0 Å². The monoisotopic (exact) mass is 233 g/mol. The lowest BCUT2D eigenvalue weighted by molar-refractivity contribution is 0.0558. The third kappa shape index (κ3) is 3.08. The average molecular weight is 233 g/mol. The van der Waals surface area contributed by atoms with Crippen molar-refractivity contribution < 1.29 is 5.11 Å². The molecule has 1 saturated heterocycles. The number of aliphatic hydroxyl groups excluding tert-OH is 1. The first-order chi connectivity index (χ1) is 8.33.